The molecule has 0 aliphatic carbocycles. The Morgan fingerprint density at radius 3 is 2.62 bits per heavy atom. The Hall–Kier alpha value is -0.920. The van der Waals surface area contributed by atoms with Crippen molar-refractivity contribution in [2.75, 3.05) is 0 Å². The lowest BCUT2D eigenvalue weighted by atomic mass is 10.0. The van der Waals surface area contributed by atoms with Crippen molar-refractivity contribution in [3.8, 4) is 0 Å². The van der Waals surface area contributed by atoms with E-state index in [2.05, 4.69) is 0 Å². The van der Waals surface area contributed by atoms with Gasteiger partial charge in [0.25, 0.3) is 0 Å². The van der Waals surface area contributed by atoms with E-state index in [0.717, 1.165) is 5.30 Å². The van der Waals surface area contributed by atoms with E-state index < -0.39 is 0 Å². The molecule has 0 bridgehead atoms. The third-order valence-corrected chi connectivity index (χ3v) is 4.41. The molecule has 110 valence electrons. The molecule has 2 nitrogen and oxygen atoms in total. The summed E-state index contributed by atoms with van der Waals surface area (Å²) in [6, 6.07) is 12.3. The van der Waals surface area contributed by atoms with E-state index in [0.29, 0.717) is 21.2 Å². The molecular formula is C16H15Cl2O2P. The van der Waals surface area contributed by atoms with E-state index in [-0.39, 0.29) is 20.7 Å². The predicted molar refractivity (Wildman–Crippen MR) is 90.5 cm³/mol. The summed E-state index contributed by atoms with van der Waals surface area (Å²) in [6.45, 7) is 3.96. The van der Waals surface area contributed by atoms with Crippen LogP contribution in [0.5, 0.6) is 0 Å². The number of halogens is 2. The molecule has 0 spiro atoms. The van der Waals surface area contributed by atoms with Crippen LogP contribution >= 0.6 is 32.0 Å². The molecule has 0 saturated carbocycles. The molecule has 21 heavy (non-hydrogen) atoms. The van der Waals surface area contributed by atoms with Crippen LogP contribution in [-0.4, -0.2) is 11.9 Å². The van der Waals surface area contributed by atoms with Crippen molar-refractivity contribution in [2.45, 2.75) is 20.0 Å². The lowest BCUT2D eigenvalue weighted by Crippen LogP contribution is -2.07. The largest absolute Gasteiger partial charge is 0.355 e. The topological polar surface area (TPSA) is 26.3 Å². The van der Waals surface area contributed by atoms with Crippen LogP contribution in [0.25, 0.3) is 0 Å². The Morgan fingerprint density at radius 1 is 1.14 bits per heavy atom. The average Bonchev–Trinajstić information content (AvgIpc) is 2.47. The van der Waals surface area contributed by atoms with Crippen LogP contribution in [-0.2, 0) is 4.52 Å². The molecule has 2 rings (SSSR count). The van der Waals surface area contributed by atoms with Crippen molar-refractivity contribution >= 4 is 43.1 Å². The quantitative estimate of drug-likeness (QED) is 0.573. The summed E-state index contributed by atoms with van der Waals surface area (Å²) in [5.74, 6) is -0.140. The van der Waals surface area contributed by atoms with Crippen LogP contribution < -0.4 is 5.30 Å². The number of carbonyl (C=O) groups is 1. The van der Waals surface area contributed by atoms with Gasteiger partial charge in [0, 0.05) is 30.3 Å². The van der Waals surface area contributed by atoms with Gasteiger partial charge in [-0.25, -0.2) is 0 Å². The van der Waals surface area contributed by atoms with Crippen molar-refractivity contribution in [2.24, 2.45) is 0 Å². The highest BCUT2D eigenvalue weighted by Gasteiger charge is 2.14. The molecule has 2 aromatic carbocycles. The lowest BCUT2D eigenvalue weighted by molar-refractivity contribution is 0.103. The fraction of sp³-hybridized carbons (Fsp3) is 0.188. The van der Waals surface area contributed by atoms with Gasteiger partial charge < -0.3 is 4.52 Å². The van der Waals surface area contributed by atoms with Crippen LogP contribution in [0, 0.1) is 0 Å². The van der Waals surface area contributed by atoms with Gasteiger partial charge in [0.1, 0.15) is 0 Å². The van der Waals surface area contributed by atoms with Crippen LogP contribution in [0.15, 0.2) is 42.5 Å². The van der Waals surface area contributed by atoms with Gasteiger partial charge in [-0.2, -0.15) is 0 Å². The normalized spacial score (nSPS) is 11.5. The average molecular weight is 341 g/mol. The molecule has 0 aliphatic rings. The molecular weight excluding hydrogens is 326 g/mol. The molecule has 2 aromatic rings. The van der Waals surface area contributed by atoms with Crippen molar-refractivity contribution in [3.05, 3.63) is 63.6 Å². The Balaban J connectivity index is 2.27. The highest BCUT2D eigenvalue weighted by molar-refractivity contribution is 7.41. The molecule has 1 unspecified atom stereocenters. The first kappa shape index (κ1) is 16.5. The van der Waals surface area contributed by atoms with Crippen molar-refractivity contribution in [3.63, 3.8) is 0 Å². The van der Waals surface area contributed by atoms with Gasteiger partial charge in [-0.1, -0.05) is 41.4 Å². The summed E-state index contributed by atoms with van der Waals surface area (Å²) < 4.78 is 5.58. The minimum absolute atomic E-state index is 0.140. The minimum atomic E-state index is -0.140. The van der Waals surface area contributed by atoms with Gasteiger partial charge in [0.15, 0.2) is 5.78 Å². The van der Waals surface area contributed by atoms with E-state index in [1.54, 1.807) is 24.3 Å². The molecule has 1 atom stereocenters. The third kappa shape index (κ3) is 4.52. The zero-order chi connectivity index (χ0) is 15.4. The molecule has 0 aliphatic heterocycles. The number of hydrogen-bond acceptors (Lipinski definition) is 2. The van der Waals surface area contributed by atoms with Gasteiger partial charge in [0.05, 0.1) is 11.1 Å². The SMILES string of the molecule is CC(C)OPc1cccc(C(=O)c2cc(Cl)ccc2Cl)c1. The van der Waals surface area contributed by atoms with E-state index in [1.807, 2.05) is 32.0 Å². The zero-order valence-corrected chi connectivity index (χ0v) is 14.2. The van der Waals surface area contributed by atoms with Gasteiger partial charge in [-0.15, -0.1) is 0 Å². The summed E-state index contributed by atoms with van der Waals surface area (Å²) in [6.07, 6.45) is 0.157. The lowest BCUT2D eigenvalue weighted by Gasteiger charge is -2.09. The smallest absolute Gasteiger partial charge is 0.194 e. The van der Waals surface area contributed by atoms with Crippen LogP contribution in [0.2, 0.25) is 10.0 Å². The van der Waals surface area contributed by atoms with Gasteiger partial charge in [0.2, 0.25) is 0 Å². The highest BCUT2D eigenvalue weighted by Crippen LogP contribution is 2.24. The monoisotopic (exact) mass is 340 g/mol. The first-order valence-corrected chi connectivity index (χ1v) is 8.15. The summed E-state index contributed by atoms with van der Waals surface area (Å²) in [5, 5.41) is 1.87. The Kier molecular flexibility index (Phi) is 5.78. The number of carbonyl (C=O) groups excluding carboxylic acids is 1. The van der Waals surface area contributed by atoms with Crippen molar-refractivity contribution < 1.29 is 9.32 Å². The third-order valence-electron chi connectivity index (χ3n) is 2.71. The predicted octanol–water partition coefficient (Wildman–Crippen LogP) is 4.87. The minimum Gasteiger partial charge on any atom is -0.355 e. The molecule has 0 radical (unpaired) electrons. The molecule has 0 N–H and O–H groups in total. The fourth-order valence-electron chi connectivity index (χ4n) is 1.74. The summed E-state index contributed by atoms with van der Waals surface area (Å²) in [7, 11) is 0.215. The van der Waals surface area contributed by atoms with Crippen molar-refractivity contribution in [1.82, 2.24) is 0 Å². The first-order chi connectivity index (χ1) is 9.97. The summed E-state index contributed by atoms with van der Waals surface area (Å²) in [4.78, 5) is 12.5. The standard InChI is InChI=1S/C16H15Cl2O2P/c1-10(2)20-21-13-5-3-4-11(8-13)16(19)14-9-12(17)6-7-15(14)18/h3-10,21H,1-2H3. The van der Waals surface area contributed by atoms with E-state index in [9.17, 15) is 4.79 Å². The Bertz CT molecular complexity index is 656. The van der Waals surface area contributed by atoms with Crippen molar-refractivity contribution in [1.29, 1.82) is 0 Å². The van der Waals surface area contributed by atoms with Gasteiger partial charge in [-0.05, 0) is 38.1 Å². The van der Waals surface area contributed by atoms with Gasteiger partial charge >= 0.3 is 0 Å². The second kappa shape index (κ2) is 7.38. The zero-order valence-electron chi connectivity index (χ0n) is 11.7. The summed E-state index contributed by atoms with van der Waals surface area (Å²) in [5.41, 5.74) is 0.992. The molecule has 0 saturated heterocycles. The Labute approximate surface area is 136 Å². The molecule has 0 heterocycles. The molecule has 0 fully saturated rings. The highest BCUT2D eigenvalue weighted by atomic mass is 35.5. The van der Waals surface area contributed by atoms with E-state index >= 15 is 0 Å². The van der Waals surface area contributed by atoms with Crippen LogP contribution in [0.3, 0.4) is 0 Å². The maximum atomic E-state index is 12.5. The van der Waals surface area contributed by atoms with Gasteiger partial charge in [-0.3, -0.25) is 4.79 Å². The Morgan fingerprint density at radius 2 is 1.90 bits per heavy atom. The number of ketones is 1. The maximum absolute atomic E-state index is 12.5. The van der Waals surface area contributed by atoms with Crippen LogP contribution in [0.1, 0.15) is 29.8 Å². The fourth-order valence-corrected chi connectivity index (χ4v) is 2.86. The van der Waals surface area contributed by atoms with E-state index in [1.165, 1.54) is 0 Å². The second-order valence-electron chi connectivity index (χ2n) is 4.80. The second-order valence-corrected chi connectivity index (χ2v) is 6.66. The molecule has 0 aromatic heterocycles. The number of rotatable bonds is 5. The van der Waals surface area contributed by atoms with Crippen LogP contribution in [0.4, 0.5) is 0 Å². The molecule has 0 amide bonds. The number of benzene rings is 2. The summed E-state index contributed by atoms with van der Waals surface area (Å²) >= 11 is 12.0. The molecule has 5 heteroatoms. The van der Waals surface area contributed by atoms with E-state index in [4.69, 9.17) is 27.7 Å². The maximum Gasteiger partial charge on any atom is 0.194 e. The first-order valence-electron chi connectivity index (χ1n) is 6.49. The number of hydrogen-bond donors (Lipinski definition) is 0.